The first kappa shape index (κ1) is 19.0. The van der Waals surface area contributed by atoms with E-state index in [1.54, 1.807) is 37.5 Å². The van der Waals surface area contributed by atoms with Crippen molar-refractivity contribution in [1.29, 1.82) is 5.26 Å². The van der Waals surface area contributed by atoms with E-state index in [0.29, 0.717) is 18.0 Å². The summed E-state index contributed by atoms with van der Waals surface area (Å²) in [6.45, 7) is 2.49. The molecule has 0 aliphatic heterocycles. The second-order valence-corrected chi connectivity index (χ2v) is 5.98. The van der Waals surface area contributed by atoms with E-state index in [9.17, 15) is 10.1 Å². The second-order valence-electron chi connectivity index (χ2n) is 5.98. The molecule has 1 amide bonds. The Morgan fingerprint density at radius 2 is 1.79 bits per heavy atom. The number of nitrogens with one attached hydrogen (secondary N) is 1. The predicted octanol–water partition coefficient (Wildman–Crippen LogP) is 4.79. The number of anilines is 1. The molecule has 0 unspecified atom stereocenters. The van der Waals surface area contributed by atoms with Crippen LogP contribution in [0.1, 0.15) is 12.5 Å². The van der Waals surface area contributed by atoms with Gasteiger partial charge in [0.25, 0.3) is 5.91 Å². The zero-order valence-electron chi connectivity index (χ0n) is 15.7. The predicted molar refractivity (Wildman–Crippen MR) is 110 cm³/mol. The molecule has 0 radical (unpaired) electrons. The van der Waals surface area contributed by atoms with Crippen molar-refractivity contribution in [2.45, 2.75) is 6.92 Å². The van der Waals surface area contributed by atoms with Gasteiger partial charge in [-0.15, -0.1) is 0 Å². The third kappa shape index (κ3) is 4.13. The molecule has 0 fully saturated rings. The van der Waals surface area contributed by atoms with Crippen LogP contribution in [0.5, 0.6) is 11.5 Å². The third-order valence-corrected chi connectivity index (χ3v) is 4.23. The van der Waals surface area contributed by atoms with Gasteiger partial charge in [0, 0.05) is 11.1 Å². The minimum atomic E-state index is -0.467. The molecule has 3 rings (SSSR count). The fourth-order valence-electron chi connectivity index (χ4n) is 2.88. The van der Waals surface area contributed by atoms with Crippen LogP contribution >= 0.6 is 0 Å². The van der Waals surface area contributed by atoms with Gasteiger partial charge in [0.1, 0.15) is 23.1 Å². The zero-order valence-corrected chi connectivity index (χ0v) is 15.7. The van der Waals surface area contributed by atoms with Crippen LogP contribution in [0.15, 0.2) is 66.2 Å². The average Bonchev–Trinajstić information content (AvgIpc) is 2.73. The Bertz CT molecular complexity index is 1060. The van der Waals surface area contributed by atoms with Crippen molar-refractivity contribution in [2.75, 3.05) is 19.0 Å². The number of amides is 1. The molecule has 5 nitrogen and oxygen atoms in total. The molecule has 0 saturated carbocycles. The van der Waals surface area contributed by atoms with Gasteiger partial charge in [-0.3, -0.25) is 4.79 Å². The van der Waals surface area contributed by atoms with E-state index in [2.05, 4.69) is 5.32 Å². The van der Waals surface area contributed by atoms with E-state index in [1.807, 2.05) is 49.4 Å². The van der Waals surface area contributed by atoms with Gasteiger partial charge in [-0.25, -0.2) is 0 Å². The number of hydrogen-bond donors (Lipinski definition) is 1. The van der Waals surface area contributed by atoms with Crippen LogP contribution in [0.25, 0.3) is 16.8 Å². The Morgan fingerprint density at radius 3 is 2.43 bits per heavy atom. The molecule has 0 aromatic heterocycles. The van der Waals surface area contributed by atoms with Crippen molar-refractivity contribution in [1.82, 2.24) is 0 Å². The number of benzene rings is 3. The van der Waals surface area contributed by atoms with Crippen LogP contribution in [0.3, 0.4) is 0 Å². The number of hydrogen-bond acceptors (Lipinski definition) is 4. The van der Waals surface area contributed by atoms with Crippen molar-refractivity contribution in [2.24, 2.45) is 0 Å². The first-order valence-corrected chi connectivity index (χ1v) is 8.88. The zero-order chi connectivity index (χ0) is 19.9. The molecule has 0 heterocycles. The second kappa shape index (κ2) is 8.74. The Morgan fingerprint density at radius 1 is 1.07 bits per heavy atom. The van der Waals surface area contributed by atoms with Gasteiger partial charge in [-0.1, -0.05) is 30.3 Å². The Labute approximate surface area is 163 Å². The SMILES string of the molecule is CCOc1ccc(C=C(C#N)C(=O)Nc2ccc(OC)cc2)c2ccccc12. The first-order valence-electron chi connectivity index (χ1n) is 8.88. The Balaban J connectivity index is 1.92. The van der Waals surface area contributed by atoms with Gasteiger partial charge in [0.2, 0.25) is 0 Å². The topological polar surface area (TPSA) is 71.3 Å². The van der Waals surface area contributed by atoms with Crippen molar-refractivity contribution >= 4 is 28.4 Å². The van der Waals surface area contributed by atoms with Crippen molar-refractivity contribution in [3.05, 3.63) is 71.8 Å². The summed E-state index contributed by atoms with van der Waals surface area (Å²) in [5.41, 5.74) is 1.38. The Hall–Kier alpha value is -3.78. The first-order chi connectivity index (χ1) is 13.7. The van der Waals surface area contributed by atoms with Crippen LogP contribution in [0.2, 0.25) is 0 Å². The van der Waals surface area contributed by atoms with Gasteiger partial charge in [0.05, 0.1) is 13.7 Å². The summed E-state index contributed by atoms with van der Waals surface area (Å²) in [6.07, 6.45) is 1.59. The lowest BCUT2D eigenvalue weighted by molar-refractivity contribution is -0.112. The molecule has 1 N–H and O–H groups in total. The molecule has 140 valence electrons. The minimum absolute atomic E-state index is 0.0186. The fourth-order valence-corrected chi connectivity index (χ4v) is 2.88. The van der Waals surface area contributed by atoms with Crippen LogP contribution < -0.4 is 14.8 Å². The largest absolute Gasteiger partial charge is 0.497 e. The highest BCUT2D eigenvalue weighted by molar-refractivity contribution is 6.11. The lowest BCUT2D eigenvalue weighted by Crippen LogP contribution is -2.13. The van der Waals surface area contributed by atoms with Crippen LogP contribution in [-0.4, -0.2) is 19.6 Å². The summed E-state index contributed by atoms with van der Waals surface area (Å²) < 4.78 is 10.8. The summed E-state index contributed by atoms with van der Waals surface area (Å²) in [6, 6.07) is 20.4. The minimum Gasteiger partial charge on any atom is -0.497 e. The molecule has 0 saturated heterocycles. The molecule has 0 spiro atoms. The molecule has 0 atom stereocenters. The average molecular weight is 372 g/mol. The summed E-state index contributed by atoms with van der Waals surface area (Å²) in [7, 11) is 1.57. The molecular weight excluding hydrogens is 352 g/mol. The van der Waals surface area contributed by atoms with E-state index in [-0.39, 0.29) is 5.57 Å². The number of fused-ring (bicyclic) bond motifs is 1. The lowest BCUT2D eigenvalue weighted by Gasteiger charge is -2.10. The van der Waals surface area contributed by atoms with Crippen molar-refractivity contribution < 1.29 is 14.3 Å². The number of nitrogens with zero attached hydrogens (tertiary/aromatic N) is 1. The summed E-state index contributed by atoms with van der Waals surface area (Å²) in [4.78, 5) is 12.6. The van der Waals surface area contributed by atoms with Crippen LogP contribution in [0, 0.1) is 11.3 Å². The number of ether oxygens (including phenoxy) is 2. The molecule has 28 heavy (non-hydrogen) atoms. The number of carbonyl (C=O) groups is 1. The molecule has 0 bridgehead atoms. The molecule has 0 aliphatic rings. The van der Waals surface area contributed by atoms with E-state index in [0.717, 1.165) is 22.1 Å². The van der Waals surface area contributed by atoms with E-state index < -0.39 is 5.91 Å². The summed E-state index contributed by atoms with van der Waals surface area (Å²) in [5.74, 6) is 0.997. The van der Waals surface area contributed by atoms with Gasteiger partial charge >= 0.3 is 0 Å². The highest BCUT2D eigenvalue weighted by Crippen LogP contribution is 2.30. The Kier molecular flexibility index (Phi) is 5.93. The number of carbonyl (C=O) groups excluding carboxylic acids is 1. The smallest absolute Gasteiger partial charge is 0.266 e. The monoisotopic (exact) mass is 372 g/mol. The number of nitriles is 1. The van der Waals surface area contributed by atoms with Crippen LogP contribution in [0.4, 0.5) is 5.69 Å². The van der Waals surface area contributed by atoms with E-state index in [1.165, 1.54) is 0 Å². The van der Waals surface area contributed by atoms with E-state index in [4.69, 9.17) is 9.47 Å². The van der Waals surface area contributed by atoms with Gasteiger partial charge < -0.3 is 14.8 Å². The summed E-state index contributed by atoms with van der Waals surface area (Å²) in [5, 5.41) is 14.1. The van der Waals surface area contributed by atoms with Crippen molar-refractivity contribution in [3.63, 3.8) is 0 Å². The fraction of sp³-hybridized carbons (Fsp3) is 0.130. The third-order valence-electron chi connectivity index (χ3n) is 4.23. The van der Waals surface area contributed by atoms with Gasteiger partial charge in [0.15, 0.2) is 0 Å². The lowest BCUT2D eigenvalue weighted by atomic mass is 10.0. The van der Waals surface area contributed by atoms with Crippen molar-refractivity contribution in [3.8, 4) is 17.6 Å². The quantitative estimate of drug-likeness (QED) is 0.499. The molecule has 3 aromatic carbocycles. The number of rotatable bonds is 6. The molecular formula is C23H20N2O3. The highest BCUT2D eigenvalue weighted by atomic mass is 16.5. The van der Waals surface area contributed by atoms with E-state index >= 15 is 0 Å². The standard InChI is InChI=1S/C23H20N2O3/c1-3-28-22-13-8-16(20-6-4-5-7-21(20)22)14-17(15-24)23(26)25-18-9-11-19(27-2)12-10-18/h4-14H,3H2,1-2H3,(H,25,26). The maximum atomic E-state index is 12.6. The molecule has 0 aliphatic carbocycles. The van der Waals surface area contributed by atoms with Gasteiger partial charge in [-0.2, -0.15) is 5.26 Å². The molecule has 5 heteroatoms. The number of methoxy groups -OCH3 is 1. The van der Waals surface area contributed by atoms with Crippen LogP contribution in [-0.2, 0) is 4.79 Å². The summed E-state index contributed by atoms with van der Waals surface area (Å²) >= 11 is 0. The maximum Gasteiger partial charge on any atom is 0.266 e. The van der Waals surface area contributed by atoms with Gasteiger partial charge in [-0.05, 0) is 54.3 Å². The maximum absolute atomic E-state index is 12.6. The highest BCUT2D eigenvalue weighted by Gasteiger charge is 2.12. The molecule has 3 aromatic rings. The normalized spacial score (nSPS) is 11.0.